The second-order valence-electron chi connectivity index (χ2n) is 5.28. The summed E-state index contributed by atoms with van der Waals surface area (Å²) in [6.07, 6.45) is 0.348. The summed E-state index contributed by atoms with van der Waals surface area (Å²) in [5.41, 5.74) is -0.0202. The lowest BCUT2D eigenvalue weighted by Gasteiger charge is -2.24. The monoisotopic (exact) mass is 279 g/mol. The quantitative estimate of drug-likeness (QED) is 0.759. The van der Waals surface area contributed by atoms with Crippen LogP contribution in [0.3, 0.4) is 0 Å². The molecule has 0 fully saturated rings. The molecule has 0 radical (unpaired) electrons. The Labute approximate surface area is 118 Å². The molecular weight excluding hydrogens is 258 g/mol. The third-order valence-electron chi connectivity index (χ3n) is 3.08. The average Bonchev–Trinajstić information content (AvgIpc) is 2.46. The van der Waals surface area contributed by atoms with Gasteiger partial charge in [0.2, 0.25) is 5.91 Å². The van der Waals surface area contributed by atoms with Crippen LogP contribution in [0.4, 0.5) is 0 Å². The number of benzene rings is 1. The van der Waals surface area contributed by atoms with E-state index < -0.39 is 17.4 Å². The van der Waals surface area contributed by atoms with Gasteiger partial charge in [0.15, 0.2) is 0 Å². The highest BCUT2D eigenvalue weighted by molar-refractivity contribution is 5.87. The van der Waals surface area contributed by atoms with Gasteiger partial charge in [-0.15, -0.1) is 0 Å². The number of nitrogens with one attached hydrogen (secondary N) is 1. The number of hydrogen-bond acceptors (Lipinski definition) is 4. The molecule has 1 aromatic rings. The summed E-state index contributed by atoms with van der Waals surface area (Å²) < 4.78 is 4.72. The van der Waals surface area contributed by atoms with Gasteiger partial charge in [0.25, 0.3) is 0 Å². The van der Waals surface area contributed by atoms with Crippen LogP contribution in [-0.2, 0) is 20.7 Å². The fraction of sp³-hybridized carbons (Fsp3) is 0.467. The minimum atomic E-state index is -0.942. The van der Waals surface area contributed by atoms with Crippen molar-refractivity contribution in [2.45, 2.75) is 26.3 Å². The van der Waals surface area contributed by atoms with Crippen LogP contribution in [0.1, 0.15) is 19.4 Å². The maximum absolute atomic E-state index is 12.0. The predicted octanol–water partition coefficient (Wildman–Crippen LogP) is 0.905. The molecule has 20 heavy (non-hydrogen) atoms. The Morgan fingerprint density at radius 3 is 2.40 bits per heavy atom. The number of methoxy groups -OCH3 is 1. The molecule has 5 nitrogen and oxygen atoms in total. The molecule has 0 heterocycles. The Morgan fingerprint density at radius 2 is 1.90 bits per heavy atom. The molecule has 0 saturated carbocycles. The van der Waals surface area contributed by atoms with Crippen molar-refractivity contribution in [2.24, 2.45) is 5.41 Å². The molecule has 2 N–H and O–H groups in total. The van der Waals surface area contributed by atoms with Crippen LogP contribution in [0.2, 0.25) is 0 Å². The number of ether oxygens (including phenoxy) is 1. The van der Waals surface area contributed by atoms with Crippen LogP contribution in [0.25, 0.3) is 0 Å². The molecule has 0 spiro atoms. The maximum atomic E-state index is 12.0. The Bertz CT molecular complexity index is 456. The van der Waals surface area contributed by atoms with Gasteiger partial charge in [0, 0.05) is 6.42 Å². The molecule has 1 atom stereocenters. The average molecular weight is 279 g/mol. The van der Waals surface area contributed by atoms with Gasteiger partial charge >= 0.3 is 5.97 Å². The third-order valence-corrected chi connectivity index (χ3v) is 3.08. The van der Waals surface area contributed by atoms with E-state index in [0.29, 0.717) is 6.42 Å². The van der Waals surface area contributed by atoms with Gasteiger partial charge in [-0.2, -0.15) is 0 Å². The van der Waals surface area contributed by atoms with Gasteiger partial charge in [0.1, 0.15) is 6.04 Å². The Hall–Kier alpha value is -1.88. The molecule has 1 unspecified atom stereocenters. The second-order valence-corrected chi connectivity index (χ2v) is 5.28. The number of esters is 1. The molecule has 0 aliphatic heterocycles. The van der Waals surface area contributed by atoms with E-state index in [0.717, 1.165) is 5.56 Å². The van der Waals surface area contributed by atoms with Crippen LogP contribution in [0.15, 0.2) is 30.3 Å². The number of aliphatic hydroxyl groups excluding tert-OH is 1. The Kier molecular flexibility index (Phi) is 5.70. The number of hydrogen-bond donors (Lipinski definition) is 2. The fourth-order valence-electron chi connectivity index (χ4n) is 1.61. The van der Waals surface area contributed by atoms with Crippen molar-refractivity contribution in [2.75, 3.05) is 13.7 Å². The highest BCUT2D eigenvalue weighted by Gasteiger charge is 2.31. The van der Waals surface area contributed by atoms with Crippen LogP contribution >= 0.6 is 0 Å². The van der Waals surface area contributed by atoms with Crippen LogP contribution in [0.5, 0.6) is 0 Å². The number of carbonyl (C=O) groups excluding carboxylic acids is 2. The third kappa shape index (κ3) is 4.35. The summed E-state index contributed by atoms with van der Waals surface area (Å²) in [5.74, 6) is -0.887. The fourth-order valence-corrected chi connectivity index (χ4v) is 1.61. The SMILES string of the molecule is COC(=O)C(Cc1ccccc1)NC(=O)C(C)(C)CO. The van der Waals surface area contributed by atoms with Crippen molar-refractivity contribution < 1.29 is 19.4 Å². The molecule has 5 heteroatoms. The predicted molar refractivity (Wildman–Crippen MR) is 75.0 cm³/mol. The highest BCUT2D eigenvalue weighted by atomic mass is 16.5. The smallest absolute Gasteiger partial charge is 0.328 e. The minimum absolute atomic E-state index is 0.294. The molecule has 1 rings (SSSR count). The van der Waals surface area contributed by atoms with E-state index in [-0.39, 0.29) is 12.5 Å². The van der Waals surface area contributed by atoms with Gasteiger partial charge in [0.05, 0.1) is 19.1 Å². The molecule has 0 saturated heterocycles. The summed E-state index contributed by atoms with van der Waals surface area (Å²) in [6, 6.07) is 8.59. The molecule has 1 amide bonds. The van der Waals surface area contributed by atoms with E-state index in [1.807, 2.05) is 30.3 Å². The lowest BCUT2D eigenvalue weighted by molar-refractivity contribution is -0.146. The summed E-state index contributed by atoms with van der Waals surface area (Å²) in [7, 11) is 1.28. The second kappa shape index (κ2) is 7.05. The zero-order chi connectivity index (χ0) is 15.2. The highest BCUT2D eigenvalue weighted by Crippen LogP contribution is 2.14. The standard InChI is InChI=1S/C15H21NO4/c1-15(2,10-17)14(19)16-12(13(18)20-3)9-11-7-5-4-6-8-11/h4-8,12,17H,9-10H2,1-3H3,(H,16,19). The lowest BCUT2D eigenvalue weighted by Crippen LogP contribution is -2.49. The summed E-state index contributed by atoms with van der Waals surface area (Å²) in [5, 5.41) is 11.8. The molecule has 0 aliphatic carbocycles. The van der Waals surface area contributed by atoms with Crippen LogP contribution in [0, 0.1) is 5.41 Å². The zero-order valence-electron chi connectivity index (χ0n) is 12.1. The number of aliphatic hydroxyl groups is 1. The first-order valence-electron chi connectivity index (χ1n) is 6.44. The number of rotatable bonds is 6. The number of amides is 1. The van der Waals surface area contributed by atoms with Crippen molar-refractivity contribution in [3.8, 4) is 0 Å². The Morgan fingerprint density at radius 1 is 1.30 bits per heavy atom. The lowest BCUT2D eigenvalue weighted by atomic mass is 9.93. The summed E-state index contributed by atoms with van der Waals surface area (Å²) in [4.78, 5) is 23.8. The summed E-state index contributed by atoms with van der Waals surface area (Å²) >= 11 is 0. The minimum Gasteiger partial charge on any atom is -0.467 e. The maximum Gasteiger partial charge on any atom is 0.328 e. The van der Waals surface area contributed by atoms with E-state index in [4.69, 9.17) is 4.74 Å². The van der Waals surface area contributed by atoms with E-state index >= 15 is 0 Å². The molecule has 1 aromatic carbocycles. The largest absolute Gasteiger partial charge is 0.467 e. The zero-order valence-corrected chi connectivity index (χ0v) is 12.1. The van der Waals surface area contributed by atoms with Gasteiger partial charge in [-0.1, -0.05) is 30.3 Å². The normalized spacial score (nSPS) is 12.6. The first-order chi connectivity index (χ1) is 9.40. The van der Waals surface area contributed by atoms with Crippen molar-refractivity contribution in [3.63, 3.8) is 0 Å². The summed E-state index contributed by atoms with van der Waals surface area (Å²) in [6.45, 7) is 2.93. The van der Waals surface area contributed by atoms with Gasteiger partial charge in [-0.25, -0.2) is 4.79 Å². The van der Waals surface area contributed by atoms with Crippen LogP contribution < -0.4 is 5.32 Å². The van der Waals surface area contributed by atoms with E-state index in [1.54, 1.807) is 13.8 Å². The van der Waals surface area contributed by atoms with Gasteiger partial charge in [-0.05, 0) is 19.4 Å². The van der Waals surface area contributed by atoms with Crippen molar-refractivity contribution in [3.05, 3.63) is 35.9 Å². The van der Waals surface area contributed by atoms with E-state index in [2.05, 4.69) is 5.32 Å². The van der Waals surface area contributed by atoms with E-state index in [1.165, 1.54) is 7.11 Å². The molecule has 110 valence electrons. The first kappa shape index (κ1) is 16.2. The topological polar surface area (TPSA) is 75.6 Å². The molecule has 0 aromatic heterocycles. The number of carbonyl (C=O) groups is 2. The van der Waals surface area contributed by atoms with Crippen LogP contribution in [-0.4, -0.2) is 36.7 Å². The van der Waals surface area contributed by atoms with Gasteiger partial charge < -0.3 is 15.2 Å². The molecule has 0 bridgehead atoms. The van der Waals surface area contributed by atoms with Gasteiger partial charge in [-0.3, -0.25) is 4.79 Å². The molecular formula is C15H21NO4. The van der Waals surface area contributed by atoms with E-state index in [9.17, 15) is 14.7 Å². The Balaban J connectivity index is 2.81. The van der Waals surface area contributed by atoms with Crippen molar-refractivity contribution in [1.29, 1.82) is 0 Å². The van der Waals surface area contributed by atoms with Crippen molar-refractivity contribution >= 4 is 11.9 Å². The van der Waals surface area contributed by atoms with Crippen molar-refractivity contribution in [1.82, 2.24) is 5.32 Å². The molecule has 0 aliphatic rings. The first-order valence-corrected chi connectivity index (χ1v) is 6.44.